The molecule has 0 bridgehead atoms. The predicted octanol–water partition coefficient (Wildman–Crippen LogP) is 3.50. The first-order valence-corrected chi connectivity index (χ1v) is 10.6. The van der Waals surface area contributed by atoms with E-state index in [0.29, 0.717) is 40.5 Å². The van der Waals surface area contributed by atoms with E-state index < -0.39 is 24.1 Å². The van der Waals surface area contributed by atoms with Crippen LogP contribution in [-0.2, 0) is 6.42 Å². The summed E-state index contributed by atoms with van der Waals surface area (Å²) in [5, 5.41) is 22.8. The van der Waals surface area contributed by atoms with Crippen molar-refractivity contribution < 1.29 is 14.6 Å². The summed E-state index contributed by atoms with van der Waals surface area (Å²) in [6, 6.07) is 6.11. The molecule has 3 aromatic heterocycles. The molecule has 164 valence electrons. The summed E-state index contributed by atoms with van der Waals surface area (Å²) in [6.45, 7) is 1.90. The molecule has 4 aromatic rings. The van der Waals surface area contributed by atoms with Crippen molar-refractivity contribution in [2.75, 3.05) is 5.73 Å². The third-order valence-corrected chi connectivity index (χ3v) is 6.40. The average Bonchev–Trinajstić information content (AvgIpc) is 3.31. The summed E-state index contributed by atoms with van der Waals surface area (Å²) < 4.78 is 16.4. The summed E-state index contributed by atoms with van der Waals surface area (Å²) in [5.41, 5.74) is 9.14. The number of benzene rings is 1. The Morgan fingerprint density at radius 2 is 1.97 bits per heavy atom. The molecule has 1 aliphatic carbocycles. The number of pyridine rings is 1. The molecule has 3 unspecified atom stereocenters. The number of aromatic nitrogens is 4. The average molecular weight is 454 g/mol. The summed E-state index contributed by atoms with van der Waals surface area (Å²) in [7, 11) is 0. The zero-order valence-electron chi connectivity index (χ0n) is 17.2. The van der Waals surface area contributed by atoms with Gasteiger partial charge in [0.1, 0.15) is 35.8 Å². The lowest BCUT2D eigenvalue weighted by Crippen LogP contribution is -2.29. The third-order valence-electron chi connectivity index (χ3n) is 6.09. The van der Waals surface area contributed by atoms with Gasteiger partial charge in [0.25, 0.3) is 0 Å². The van der Waals surface area contributed by atoms with E-state index in [2.05, 4.69) is 15.0 Å². The number of hydrogen-bond acceptors (Lipinski definition) is 6. The van der Waals surface area contributed by atoms with Crippen LogP contribution >= 0.6 is 11.6 Å². The minimum Gasteiger partial charge on any atom is -0.388 e. The summed E-state index contributed by atoms with van der Waals surface area (Å²) >= 11 is 5.95. The van der Waals surface area contributed by atoms with E-state index in [1.165, 1.54) is 18.5 Å². The Kier molecular flexibility index (Phi) is 5.08. The number of aryl methyl sites for hydroxylation is 2. The first kappa shape index (κ1) is 20.8. The first-order chi connectivity index (χ1) is 15.3. The molecule has 5 rings (SSSR count). The van der Waals surface area contributed by atoms with Crippen LogP contribution in [0.3, 0.4) is 0 Å². The molecule has 3 atom stereocenters. The standard InChI is InChI=1S/C23H21ClFN5O2/c1-11-14-4-5-30(23(14)28-10-27-11)19-8-13(20(31)21(19)32)3-2-12-6-17(25)15-9-16(24)22(26)29-18(15)7-12/h4-10,19-21,31-32H,2-3H2,1H3,(H2,26,29). The molecule has 3 heterocycles. The Morgan fingerprint density at radius 1 is 1.16 bits per heavy atom. The second-order valence-corrected chi connectivity index (χ2v) is 8.49. The minimum absolute atomic E-state index is 0.147. The summed E-state index contributed by atoms with van der Waals surface area (Å²) in [5.74, 6) is -0.284. The number of nitrogen functional groups attached to an aromatic ring is 1. The molecule has 7 nitrogen and oxygen atoms in total. The highest BCUT2D eigenvalue weighted by molar-refractivity contribution is 6.33. The molecular weight excluding hydrogens is 433 g/mol. The molecule has 9 heteroatoms. The van der Waals surface area contributed by atoms with Gasteiger partial charge in [0, 0.05) is 17.0 Å². The van der Waals surface area contributed by atoms with E-state index in [0.717, 1.165) is 11.1 Å². The van der Waals surface area contributed by atoms with Crippen LogP contribution in [0.25, 0.3) is 21.9 Å². The molecule has 0 aliphatic heterocycles. The fraction of sp³-hybridized carbons (Fsp3) is 0.261. The van der Waals surface area contributed by atoms with Gasteiger partial charge in [-0.1, -0.05) is 17.7 Å². The monoisotopic (exact) mass is 453 g/mol. The summed E-state index contributed by atoms with van der Waals surface area (Å²) in [6.07, 6.45) is 4.08. The molecule has 0 fully saturated rings. The molecule has 0 saturated carbocycles. The predicted molar refractivity (Wildman–Crippen MR) is 121 cm³/mol. The van der Waals surface area contributed by atoms with Crippen molar-refractivity contribution in [1.29, 1.82) is 0 Å². The lowest BCUT2D eigenvalue weighted by molar-refractivity contribution is 0.0317. The minimum atomic E-state index is -1.02. The maximum atomic E-state index is 14.6. The van der Waals surface area contributed by atoms with Gasteiger partial charge in [0.15, 0.2) is 0 Å². The van der Waals surface area contributed by atoms with Gasteiger partial charge < -0.3 is 20.5 Å². The number of hydrogen-bond donors (Lipinski definition) is 3. The Balaban J connectivity index is 1.42. The molecule has 4 N–H and O–H groups in total. The first-order valence-electron chi connectivity index (χ1n) is 10.2. The number of aliphatic hydroxyl groups is 2. The van der Waals surface area contributed by atoms with Crippen LogP contribution in [0.4, 0.5) is 10.2 Å². The third kappa shape index (κ3) is 3.40. The fourth-order valence-corrected chi connectivity index (χ4v) is 4.50. The lowest BCUT2D eigenvalue weighted by atomic mass is 10.0. The van der Waals surface area contributed by atoms with E-state index in [4.69, 9.17) is 17.3 Å². The van der Waals surface area contributed by atoms with Crippen LogP contribution in [0.1, 0.15) is 23.7 Å². The Bertz CT molecular complexity index is 1390. The van der Waals surface area contributed by atoms with Crippen molar-refractivity contribution >= 4 is 39.4 Å². The van der Waals surface area contributed by atoms with Gasteiger partial charge in [-0.15, -0.1) is 0 Å². The van der Waals surface area contributed by atoms with Gasteiger partial charge in [0.05, 0.1) is 22.3 Å². The van der Waals surface area contributed by atoms with E-state index >= 15 is 0 Å². The highest BCUT2D eigenvalue weighted by Crippen LogP contribution is 2.35. The quantitative estimate of drug-likeness (QED) is 0.408. The van der Waals surface area contributed by atoms with Crippen molar-refractivity contribution in [2.45, 2.75) is 38.0 Å². The van der Waals surface area contributed by atoms with Crippen LogP contribution in [-0.4, -0.2) is 41.9 Å². The van der Waals surface area contributed by atoms with Crippen LogP contribution in [0.15, 0.2) is 48.4 Å². The van der Waals surface area contributed by atoms with E-state index in [9.17, 15) is 14.6 Å². The van der Waals surface area contributed by atoms with E-state index in [1.54, 1.807) is 6.07 Å². The second-order valence-electron chi connectivity index (χ2n) is 8.09. The van der Waals surface area contributed by atoms with Crippen LogP contribution in [0, 0.1) is 12.7 Å². The molecule has 0 saturated heterocycles. The lowest BCUT2D eigenvalue weighted by Gasteiger charge is -2.19. The number of anilines is 1. The maximum Gasteiger partial charge on any atom is 0.144 e. The van der Waals surface area contributed by atoms with Crippen molar-refractivity contribution in [3.05, 3.63) is 70.5 Å². The summed E-state index contributed by atoms with van der Waals surface area (Å²) in [4.78, 5) is 12.7. The molecule has 0 spiro atoms. The number of halogens is 2. The van der Waals surface area contributed by atoms with Crippen molar-refractivity contribution in [3.8, 4) is 0 Å². The smallest absolute Gasteiger partial charge is 0.144 e. The number of nitrogens with two attached hydrogens (primary N) is 1. The second kappa shape index (κ2) is 7.81. The highest BCUT2D eigenvalue weighted by Gasteiger charge is 2.36. The van der Waals surface area contributed by atoms with Crippen molar-refractivity contribution in [1.82, 2.24) is 19.5 Å². The van der Waals surface area contributed by atoms with Gasteiger partial charge in [-0.2, -0.15) is 0 Å². The van der Waals surface area contributed by atoms with Crippen LogP contribution in [0.5, 0.6) is 0 Å². The molecular formula is C23H21ClFN5O2. The SMILES string of the molecule is Cc1ncnc2c1ccn2C1C=C(CCc2cc(F)c3cc(Cl)c(N)nc3c2)C(O)C1O. The van der Waals surface area contributed by atoms with E-state index in [-0.39, 0.29) is 10.8 Å². The zero-order chi connectivity index (χ0) is 22.6. The van der Waals surface area contributed by atoms with Gasteiger partial charge in [-0.25, -0.2) is 19.3 Å². The van der Waals surface area contributed by atoms with Gasteiger partial charge in [-0.05, 0) is 55.2 Å². The topological polar surface area (TPSA) is 110 Å². The number of aliphatic hydroxyl groups excluding tert-OH is 2. The molecule has 1 aromatic carbocycles. The largest absolute Gasteiger partial charge is 0.388 e. The number of rotatable bonds is 4. The molecule has 32 heavy (non-hydrogen) atoms. The van der Waals surface area contributed by atoms with Gasteiger partial charge in [0.2, 0.25) is 0 Å². The Hall–Kier alpha value is -3.07. The van der Waals surface area contributed by atoms with Crippen LogP contribution < -0.4 is 5.73 Å². The Morgan fingerprint density at radius 3 is 2.78 bits per heavy atom. The molecule has 0 radical (unpaired) electrons. The number of nitrogens with zero attached hydrogens (tertiary/aromatic N) is 4. The van der Waals surface area contributed by atoms with Gasteiger partial charge >= 0.3 is 0 Å². The number of fused-ring (bicyclic) bond motifs is 2. The van der Waals surface area contributed by atoms with Crippen molar-refractivity contribution in [2.24, 2.45) is 0 Å². The maximum absolute atomic E-state index is 14.6. The van der Waals surface area contributed by atoms with E-state index in [1.807, 2.05) is 29.8 Å². The molecule has 1 aliphatic rings. The van der Waals surface area contributed by atoms with Gasteiger partial charge in [-0.3, -0.25) is 0 Å². The normalized spacial score (nSPS) is 20.9. The highest BCUT2D eigenvalue weighted by atomic mass is 35.5. The Labute approximate surface area is 188 Å². The molecule has 0 amide bonds. The van der Waals surface area contributed by atoms with Crippen LogP contribution in [0.2, 0.25) is 5.02 Å². The fourth-order valence-electron chi connectivity index (χ4n) is 4.35. The van der Waals surface area contributed by atoms with Crippen molar-refractivity contribution in [3.63, 3.8) is 0 Å². The zero-order valence-corrected chi connectivity index (χ0v) is 18.0.